The molecular formula is C47H56N2O4. The third-order valence-electron chi connectivity index (χ3n) is 15.1. The second-order valence-electron chi connectivity index (χ2n) is 17.6. The highest BCUT2D eigenvalue weighted by atomic mass is 16.3. The molecule has 3 N–H and O–H groups in total. The number of benzene rings is 3. The fourth-order valence-corrected chi connectivity index (χ4v) is 12.1. The van der Waals surface area contributed by atoms with E-state index in [1.165, 1.54) is 0 Å². The molecule has 53 heavy (non-hydrogen) atoms. The van der Waals surface area contributed by atoms with E-state index >= 15 is 4.79 Å². The largest absolute Gasteiger partial charge is 0.393 e. The average molecular weight is 713 g/mol. The highest BCUT2D eigenvalue weighted by Gasteiger charge is 2.74. The van der Waals surface area contributed by atoms with E-state index in [1.54, 1.807) is 0 Å². The minimum Gasteiger partial charge on any atom is -0.393 e. The molecule has 6 heteroatoms. The van der Waals surface area contributed by atoms with Crippen LogP contribution in [0.4, 0.5) is 4.79 Å². The van der Waals surface area contributed by atoms with Gasteiger partial charge in [-0.25, -0.2) is 4.79 Å². The van der Waals surface area contributed by atoms with Crippen molar-refractivity contribution in [1.82, 2.24) is 10.2 Å². The first-order chi connectivity index (χ1) is 25.4. The number of carbonyl (C=O) groups excluding carboxylic acids is 2. The van der Waals surface area contributed by atoms with Crippen LogP contribution in [0.2, 0.25) is 0 Å². The van der Waals surface area contributed by atoms with E-state index in [0.29, 0.717) is 24.9 Å². The highest BCUT2D eigenvalue weighted by Crippen LogP contribution is 2.78. The van der Waals surface area contributed by atoms with Gasteiger partial charge in [0.15, 0.2) is 5.78 Å². The van der Waals surface area contributed by atoms with E-state index in [-0.39, 0.29) is 47.1 Å². The number of carbonyl (C=O) groups is 2. The van der Waals surface area contributed by atoms with Crippen molar-refractivity contribution in [3.05, 3.63) is 120 Å². The molecule has 6 nitrogen and oxygen atoms in total. The summed E-state index contributed by atoms with van der Waals surface area (Å²) in [7, 11) is 0. The van der Waals surface area contributed by atoms with Crippen LogP contribution in [0.15, 0.2) is 109 Å². The van der Waals surface area contributed by atoms with Gasteiger partial charge < -0.3 is 20.4 Å². The zero-order valence-corrected chi connectivity index (χ0v) is 31.9. The first-order valence-corrected chi connectivity index (χ1v) is 20.0. The van der Waals surface area contributed by atoms with E-state index in [9.17, 15) is 15.0 Å². The number of hydrogen-bond donors (Lipinski definition) is 3. The Labute approximate surface area is 315 Å². The van der Waals surface area contributed by atoms with Gasteiger partial charge in [-0.05, 0) is 92.2 Å². The van der Waals surface area contributed by atoms with Gasteiger partial charge >= 0.3 is 6.03 Å². The van der Waals surface area contributed by atoms with E-state index in [4.69, 9.17) is 0 Å². The van der Waals surface area contributed by atoms with Gasteiger partial charge in [0.25, 0.3) is 0 Å². The van der Waals surface area contributed by atoms with Crippen LogP contribution in [0, 0.1) is 33.5 Å². The van der Waals surface area contributed by atoms with Gasteiger partial charge in [0, 0.05) is 33.9 Å². The molecule has 6 aliphatic rings. The number of hydrogen-bond acceptors (Lipinski definition) is 4. The number of fused-ring (bicyclic) bond motifs is 1. The summed E-state index contributed by atoms with van der Waals surface area (Å²) in [5.74, 6) is 0.287. The smallest absolute Gasteiger partial charge is 0.317 e. The Morgan fingerprint density at radius 3 is 2.15 bits per heavy atom. The maximum absolute atomic E-state index is 15.1. The van der Waals surface area contributed by atoms with Crippen molar-refractivity contribution in [2.45, 2.75) is 96.8 Å². The second-order valence-corrected chi connectivity index (χ2v) is 17.6. The quantitative estimate of drug-likeness (QED) is 0.152. The molecule has 2 amide bonds. The van der Waals surface area contributed by atoms with Crippen molar-refractivity contribution in [3.63, 3.8) is 0 Å². The summed E-state index contributed by atoms with van der Waals surface area (Å²) < 4.78 is 0. The molecule has 2 bridgehead atoms. The molecule has 1 unspecified atom stereocenters. The molecule has 0 saturated heterocycles. The summed E-state index contributed by atoms with van der Waals surface area (Å²) in [5.41, 5.74) is 2.07. The number of allylic oxidation sites excluding steroid dienone is 4. The van der Waals surface area contributed by atoms with Crippen LogP contribution in [-0.4, -0.2) is 51.7 Å². The van der Waals surface area contributed by atoms with Gasteiger partial charge in [0.05, 0.1) is 24.3 Å². The van der Waals surface area contributed by atoms with E-state index < -0.39 is 22.5 Å². The number of aliphatic hydroxyl groups excluding tert-OH is 1. The minimum atomic E-state index is -1.12. The van der Waals surface area contributed by atoms with Gasteiger partial charge in [-0.1, -0.05) is 124 Å². The SMILES string of the molecule is CCCN(C[C@]1(O)CC[C@H]2[C@]34C=C[C@@]5(C=C3C(=O)c3ccc(-c6ccccc6)cc3)CC(O)CC[C@]5(C)[C@H]4CC[C@@]21C)C(=O)N[C@H](C)c1ccccc1. The molecule has 9 rings (SSSR count). The molecular weight excluding hydrogens is 657 g/mol. The lowest BCUT2D eigenvalue weighted by Crippen LogP contribution is -2.67. The number of aliphatic hydroxyl groups is 2. The fraction of sp³-hybridized carbons (Fsp3) is 0.489. The van der Waals surface area contributed by atoms with Crippen LogP contribution in [-0.2, 0) is 0 Å². The van der Waals surface area contributed by atoms with Crippen LogP contribution in [0.1, 0.15) is 101 Å². The van der Waals surface area contributed by atoms with Crippen LogP contribution < -0.4 is 5.32 Å². The van der Waals surface area contributed by atoms with Crippen molar-refractivity contribution in [2.24, 2.45) is 33.5 Å². The third kappa shape index (κ3) is 5.41. The minimum absolute atomic E-state index is 0.0190. The van der Waals surface area contributed by atoms with Crippen LogP contribution in [0.5, 0.6) is 0 Å². The maximum Gasteiger partial charge on any atom is 0.317 e. The van der Waals surface area contributed by atoms with Gasteiger partial charge in [-0.15, -0.1) is 0 Å². The zero-order valence-electron chi connectivity index (χ0n) is 31.9. The summed E-state index contributed by atoms with van der Waals surface area (Å²) in [6.07, 6.45) is 12.8. The lowest BCUT2D eigenvalue weighted by Gasteiger charge is -2.71. The molecule has 6 aliphatic carbocycles. The second kappa shape index (κ2) is 13.1. The Bertz CT molecular complexity index is 1920. The predicted molar refractivity (Wildman–Crippen MR) is 210 cm³/mol. The summed E-state index contributed by atoms with van der Waals surface area (Å²) in [6.45, 7) is 9.55. The number of rotatable bonds is 9. The van der Waals surface area contributed by atoms with Crippen LogP contribution in [0.3, 0.4) is 0 Å². The van der Waals surface area contributed by atoms with E-state index in [2.05, 4.69) is 56.4 Å². The normalized spacial score (nSPS) is 35.7. The molecule has 3 aromatic rings. The number of urea groups is 1. The number of ketones is 1. The number of Topliss-reactive ketones (excluding diaryl/α,β-unsaturated/α-hetero) is 1. The molecule has 0 radical (unpaired) electrons. The van der Waals surface area contributed by atoms with Crippen molar-refractivity contribution < 1.29 is 19.8 Å². The van der Waals surface area contributed by atoms with Crippen LogP contribution >= 0.6 is 0 Å². The molecule has 3 saturated carbocycles. The molecule has 9 atom stereocenters. The molecule has 3 aromatic carbocycles. The Hall–Kier alpha value is -4.00. The van der Waals surface area contributed by atoms with Crippen molar-refractivity contribution in [3.8, 4) is 11.1 Å². The first kappa shape index (κ1) is 36.0. The molecule has 2 spiro atoms. The average Bonchev–Trinajstić information content (AvgIpc) is 3.44. The maximum atomic E-state index is 15.1. The standard InChI is InChI=1S/C47H56N2O4/c1-5-28-49(42(52)48-32(2)33-12-8-6-9-13-33)31-46(53)25-22-40-44(46,4)24-21-39-43(3)23-20-37(50)29-45(43)26-27-47(39,40)38(30-45)41(51)36-18-16-35(17-19-36)34-14-10-7-11-15-34/h6-19,26-27,30,32,37,39-40,50,53H,5,20-25,28-29,31H2,1-4H3,(H,48,52)/t32-,37?,39-,40-,43-,44+,45+,46-,47-/m1/s1. The van der Waals surface area contributed by atoms with Gasteiger partial charge in [-0.2, -0.15) is 0 Å². The van der Waals surface area contributed by atoms with Crippen molar-refractivity contribution in [2.75, 3.05) is 13.1 Å². The Morgan fingerprint density at radius 1 is 0.830 bits per heavy atom. The number of nitrogens with one attached hydrogen (secondary N) is 1. The topological polar surface area (TPSA) is 89.9 Å². The third-order valence-corrected chi connectivity index (χ3v) is 15.1. The van der Waals surface area contributed by atoms with E-state index in [1.807, 2.05) is 84.6 Å². The summed E-state index contributed by atoms with van der Waals surface area (Å²) in [5, 5.41) is 27.3. The Kier molecular flexibility index (Phi) is 8.89. The first-order valence-electron chi connectivity index (χ1n) is 20.0. The summed E-state index contributed by atoms with van der Waals surface area (Å²) in [6, 6.07) is 28.0. The highest BCUT2D eigenvalue weighted by molar-refractivity contribution is 6.10. The summed E-state index contributed by atoms with van der Waals surface area (Å²) >= 11 is 0. The lowest BCUT2D eigenvalue weighted by atomic mass is 9.32. The van der Waals surface area contributed by atoms with Crippen LogP contribution in [0.25, 0.3) is 11.1 Å². The number of nitrogens with zero attached hydrogens (tertiary/aromatic N) is 1. The fourth-order valence-electron chi connectivity index (χ4n) is 12.1. The molecule has 0 heterocycles. The van der Waals surface area contributed by atoms with E-state index in [0.717, 1.165) is 60.8 Å². The molecule has 3 fully saturated rings. The Balaban J connectivity index is 1.15. The van der Waals surface area contributed by atoms with Gasteiger partial charge in [0.2, 0.25) is 0 Å². The number of amides is 2. The van der Waals surface area contributed by atoms with Gasteiger partial charge in [-0.3, -0.25) is 4.79 Å². The molecule has 278 valence electrons. The van der Waals surface area contributed by atoms with Gasteiger partial charge in [0.1, 0.15) is 0 Å². The molecule has 0 aromatic heterocycles. The Morgan fingerprint density at radius 2 is 1.45 bits per heavy atom. The van der Waals surface area contributed by atoms with Crippen molar-refractivity contribution in [1.29, 1.82) is 0 Å². The monoisotopic (exact) mass is 712 g/mol. The predicted octanol–water partition coefficient (Wildman–Crippen LogP) is 9.31. The summed E-state index contributed by atoms with van der Waals surface area (Å²) in [4.78, 5) is 30.8. The van der Waals surface area contributed by atoms with Crippen molar-refractivity contribution >= 4 is 11.8 Å². The molecule has 0 aliphatic heterocycles. The lowest BCUT2D eigenvalue weighted by molar-refractivity contribution is -0.174. The zero-order chi connectivity index (χ0) is 37.2.